The molecule has 0 aliphatic carbocycles. The van der Waals surface area contributed by atoms with Crippen molar-refractivity contribution in [2.24, 2.45) is 5.92 Å². The van der Waals surface area contributed by atoms with Crippen molar-refractivity contribution in [3.8, 4) is 11.5 Å². The van der Waals surface area contributed by atoms with Crippen molar-refractivity contribution >= 4 is 5.91 Å². The molecule has 0 saturated carbocycles. The molecule has 2 N–H and O–H groups in total. The molecule has 6 heteroatoms. The van der Waals surface area contributed by atoms with E-state index >= 15 is 0 Å². The van der Waals surface area contributed by atoms with Crippen LogP contribution in [0.5, 0.6) is 11.5 Å². The minimum Gasteiger partial charge on any atom is -0.486 e. The maximum atomic E-state index is 12.1. The second kappa shape index (κ2) is 8.07. The van der Waals surface area contributed by atoms with E-state index in [-0.39, 0.29) is 18.5 Å². The molecule has 0 bridgehead atoms. The first-order valence-corrected chi connectivity index (χ1v) is 8.55. The third-order valence-electron chi connectivity index (χ3n) is 4.11. The van der Waals surface area contributed by atoms with Crippen LogP contribution in [0.1, 0.15) is 31.2 Å². The number of ether oxygens (including phenoxy) is 2. The summed E-state index contributed by atoms with van der Waals surface area (Å²) < 4.78 is 16.4. The maximum absolute atomic E-state index is 12.1. The zero-order valence-corrected chi connectivity index (χ0v) is 14.6. The van der Waals surface area contributed by atoms with Gasteiger partial charge in [-0.3, -0.25) is 4.79 Å². The smallest absolute Gasteiger partial charge is 0.234 e. The van der Waals surface area contributed by atoms with Crippen LogP contribution in [-0.4, -0.2) is 25.7 Å². The average molecular weight is 344 g/mol. The Kier molecular flexibility index (Phi) is 5.60. The molecule has 0 fully saturated rings. The predicted octanol–water partition coefficient (Wildman–Crippen LogP) is 2.65. The molecule has 1 aromatic heterocycles. The molecule has 3 rings (SSSR count). The van der Waals surface area contributed by atoms with Gasteiger partial charge in [-0.2, -0.15) is 0 Å². The van der Waals surface area contributed by atoms with E-state index in [1.54, 1.807) is 12.3 Å². The molecular formula is C19H24N2O4. The number of fused-ring (bicyclic) bond motifs is 1. The SMILES string of the molecule is CC(C)[C@H](NCC(=O)NCc1ccco1)c1ccc2c(c1)OCCO2. The van der Waals surface area contributed by atoms with Crippen LogP contribution >= 0.6 is 0 Å². The summed E-state index contributed by atoms with van der Waals surface area (Å²) >= 11 is 0. The van der Waals surface area contributed by atoms with E-state index in [1.807, 2.05) is 24.3 Å². The molecule has 134 valence electrons. The molecule has 1 aliphatic rings. The minimum atomic E-state index is -0.0698. The van der Waals surface area contributed by atoms with Gasteiger partial charge in [-0.05, 0) is 35.7 Å². The number of amides is 1. The average Bonchev–Trinajstić information content (AvgIpc) is 3.13. The minimum absolute atomic E-state index is 0.0465. The third kappa shape index (κ3) is 4.54. The van der Waals surface area contributed by atoms with Gasteiger partial charge in [0.25, 0.3) is 0 Å². The van der Waals surface area contributed by atoms with Gasteiger partial charge in [-0.25, -0.2) is 0 Å². The Morgan fingerprint density at radius 1 is 1.16 bits per heavy atom. The molecule has 1 amide bonds. The van der Waals surface area contributed by atoms with E-state index in [1.165, 1.54) is 0 Å². The van der Waals surface area contributed by atoms with Gasteiger partial charge in [0.15, 0.2) is 11.5 Å². The number of hydrogen-bond acceptors (Lipinski definition) is 5. The molecule has 6 nitrogen and oxygen atoms in total. The molecule has 25 heavy (non-hydrogen) atoms. The predicted molar refractivity (Wildman–Crippen MR) is 93.6 cm³/mol. The number of hydrogen-bond donors (Lipinski definition) is 2. The van der Waals surface area contributed by atoms with E-state index in [0.29, 0.717) is 25.7 Å². The molecular weight excluding hydrogens is 320 g/mol. The molecule has 1 aromatic carbocycles. The van der Waals surface area contributed by atoms with E-state index in [2.05, 4.69) is 24.5 Å². The lowest BCUT2D eigenvalue weighted by molar-refractivity contribution is -0.120. The van der Waals surface area contributed by atoms with Crippen molar-refractivity contribution < 1.29 is 18.7 Å². The highest BCUT2D eigenvalue weighted by Crippen LogP contribution is 2.34. The molecule has 0 radical (unpaired) electrons. The summed E-state index contributed by atoms with van der Waals surface area (Å²) in [6.45, 7) is 6.01. The lowest BCUT2D eigenvalue weighted by Crippen LogP contribution is -2.37. The second-order valence-electron chi connectivity index (χ2n) is 6.36. The van der Waals surface area contributed by atoms with Crippen LogP contribution in [0.3, 0.4) is 0 Å². The van der Waals surface area contributed by atoms with Gasteiger partial charge in [0, 0.05) is 6.04 Å². The van der Waals surface area contributed by atoms with Gasteiger partial charge >= 0.3 is 0 Å². The Hall–Kier alpha value is -2.47. The molecule has 1 aliphatic heterocycles. The van der Waals surface area contributed by atoms with Crippen LogP contribution < -0.4 is 20.1 Å². The van der Waals surface area contributed by atoms with Crippen molar-refractivity contribution in [1.82, 2.24) is 10.6 Å². The number of benzene rings is 1. The van der Waals surface area contributed by atoms with Gasteiger partial charge in [0.1, 0.15) is 19.0 Å². The summed E-state index contributed by atoms with van der Waals surface area (Å²) in [4.78, 5) is 12.1. The maximum Gasteiger partial charge on any atom is 0.234 e. The normalized spacial score (nSPS) is 14.4. The standard InChI is InChI=1S/C19H24N2O4/c1-13(2)19(14-5-6-16-17(10-14)25-9-8-24-16)21-12-18(22)20-11-15-4-3-7-23-15/h3-7,10,13,19,21H,8-9,11-12H2,1-2H3,(H,20,22)/t19-/m0/s1. The zero-order chi connectivity index (χ0) is 17.6. The van der Waals surface area contributed by atoms with Crippen molar-refractivity contribution in [1.29, 1.82) is 0 Å². The number of carbonyl (C=O) groups excluding carboxylic acids is 1. The Bertz CT molecular complexity index is 697. The first-order valence-electron chi connectivity index (χ1n) is 8.55. The van der Waals surface area contributed by atoms with Crippen molar-refractivity contribution in [2.45, 2.75) is 26.4 Å². The first kappa shape index (κ1) is 17.4. The fourth-order valence-corrected chi connectivity index (χ4v) is 2.86. The summed E-state index contributed by atoms with van der Waals surface area (Å²) in [5.41, 5.74) is 1.08. The Morgan fingerprint density at radius 3 is 2.68 bits per heavy atom. The molecule has 2 aromatic rings. The van der Waals surface area contributed by atoms with Gasteiger partial charge in [-0.1, -0.05) is 19.9 Å². The fourth-order valence-electron chi connectivity index (χ4n) is 2.86. The lowest BCUT2D eigenvalue weighted by atomic mass is 9.95. The van der Waals surface area contributed by atoms with E-state index in [4.69, 9.17) is 13.9 Å². The van der Waals surface area contributed by atoms with Crippen LogP contribution in [-0.2, 0) is 11.3 Å². The number of rotatable bonds is 7. The van der Waals surface area contributed by atoms with Crippen LogP contribution in [0, 0.1) is 5.92 Å². The highest BCUT2D eigenvalue weighted by molar-refractivity contribution is 5.78. The Morgan fingerprint density at radius 2 is 1.96 bits per heavy atom. The van der Waals surface area contributed by atoms with Crippen molar-refractivity contribution in [3.05, 3.63) is 47.9 Å². The number of furan rings is 1. The number of carbonyl (C=O) groups is 1. The van der Waals surface area contributed by atoms with Crippen LogP contribution in [0.25, 0.3) is 0 Å². The molecule has 2 heterocycles. The molecule has 1 atom stereocenters. The molecule has 0 unspecified atom stereocenters. The highest BCUT2D eigenvalue weighted by atomic mass is 16.6. The summed E-state index contributed by atoms with van der Waals surface area (Å²) in [5, 5.41) is 6.17. The topological polar surface area (TPSA) is 72.7 Å². The van der Waals surface area contributed by atoms with Gasteiger partial charge < -0.3 is 24.5 Å². The van der Waals surface area contributed by atoms with E-state index in [0.717, 1.165) is 22.8 Å². The van der Waals surface area contributed by atoms with E-state index < -0.39 is 0 Å². The van der Waals surface area contributed by atoms with Crippen molar-refractivity contribution in [2.75, 3.05) is 19.8 Å². The summed E-state index contributed by atoms with van der Waals surface area (Å²) in [5.74, 6) is 2.52. The van der Waals surface area contributed by atoms with Gasteiger partial charge in [0.2, 0.25) is 5.91 Å². The fraction of sp³-hybridized carbons (Fsp3) is 0.421. The number of nitrogens with one attached hydrogen (secondary N) is 2. The molecule has 0 spiro atoms. The Labute approximate surface area is 147 Å². The van der Waals surface area contributed by atoms with Crippen molar-refractivity contribution in [3.63, 3.8) is 0 Å². The highest BCUT2D eigenvalue weighted by Gasteiger charge is 2.20. The van der Waals surface area contributed by atoms with E-state index in [9.17, 15) is 4.79 Å². The summed E-state index contributed by atoms with van der Waals surface area (Å²) in [7, 11) is 0. The monoisotopic (exact) mass is 344 g/mol. The first-order chi connectivity index (χ1) is 12.1. The third-order valence-corrected chi connectivity index (χ3v) is 4.11. The largest absolute Gasteiger partial charge is 0.486 e. The quantitative estimate of drug-likeness (QED) is 0.808. The summed E-state index contributed by atoms with van der Waals surface area (Å²) in [6, 6.07) is 9.62. The van der Waals surface area contributed by atoms with Gasteiger partial charge in [0.05, 0.1) is 19.4 Å². The summed E-state index contributed by atoms with van der Waals surface area (Å²) in [6.07, 6.45) is 1.59. The van der Waals surface area contributed by atoms with Crippen LogP contribution in [0.2, 0.25) is 0 Å². The zero-order valence-electron chi connectivity index (χ0n) is 14.6. The van der Waals surface area contributed by atoms with Crippen LogP contribution in [0.15, 0.2) is 41.0 Å². The van der Waals surface area contributed by atoms with Gasteiger partial charge in [-0.15, -0.1) is 0 Å². The lowest BCUT2D eigenvalue weighted by Gasteiger charge is -2.25. The van der Waals surface area contributed by atoms with Crippen LogP contribution in [0.4, 0.5) is 0 Å². The Balaban J connectivity index is 1.58. The second-order valence-corrected chi connectivity index (χ2v) is 6.36. The molecule has 0 saturated heterocycles.